The average Bonchev–Trinajstić information content (AvgIpc) is 3.28. The molecule has 1 aromatic carbocycles. The van der Waals surface area contributed by atoms with Gasteiger partial charge in [0.1, 0.15) is 11.8 Å². The number of aromatic nitrogens is 2. The third-order valence-corrected chi connectivity index (χ3v) is 4.37. The quantitative estimate of drug-likeness (QED) is 0.810. The maximum Gasteiger partial charge on any atom is 0.249 e. The predicted molar refractivity (Wildman–Crippen MR) is 89.5 cm³/mol. The average molecular weight is 329 g/mol. The first kappa shape index (κ1) is 16.5. The van der Waals surface area contributed by atoms with Gasteiger partial charge < -0.3 is 14.2 Å². The van der Waals surface area contributed by atoms with E-state index < -0.39 is 0 Å². The molecule has 1 atom stereocenters. The van der Waals surface area contributed by atoms with Crippen LogP contribution in [0.25, 0.3) is 11.4 Å². The fourth-order valence-corrected chi connectivity index (χ4v) is 3.04. The van der Waals surface area contributed by atoms with Crippen molar-refractivity contribution in [1.29, 1.82) is 0 Å². The van der Waals surface area contributed by atoms with Crippen LogP contribution in [0.1, 0.15) is 51.0 Å². The molecular weight excluding hydrogens is 306 g/mol. The van der Waals surface area contributed by atoms with Crippen LogP contribution >= 0.6 is 0 Å². The lowest BCUT2D eigenvalue weighted by Crippen LogP contribution is -2.30. The number of rotatable bonds is 6. The maximum absolute atomic E-state index is 12.4. The molecule has 1 fully saturated rings. The number of carbonyl (C=O) groups is 1. The van der Waals surface area contributed by atoms with E-state index in [1.54, 1.807) is 7.11 Å². The highest BCUT2D eigenvalue weighted by Gasteiger charge is 2.33. The molecule has 1 aromatic heterocycles. The van der Waals surface area contributed by atoms with Crippen LogP contribution in [0.5, 0.6) is 5.75 Å². The summed E-state index contributed by atoms with van der Waals surface area (Å²) in [5.41, 5.74) is 0.839. The van der Waals surface area contributed by atoms with Crippen LogP contribution in [0.3, 0.4) is 0 Å². The molecule has 0 saturated carbocycles. The van der Waals surface area contributed by atoms with Crippen molar-refractivity contribution in [3.05, 3.63) is 30.2 Å². The smallest absolute Gasteiger partial charge is 0.249 e. The Morgan fingerprint density at radius 1 is 1.46 bits per heavy atom. The molecule has 2 heterocycles. The summed E-state index contributed by atoms with van der Waals surface area (Å²) in [4.78, 5) is 18.8. The highest BCUT2D eigenvalue weighted by molar-refractivity contribution is 5.76. The van der Waals surface area contributed by atoms with Crippen molar-refractivity contribution in [2.75, 3.05) is 13.7 Å². The molecule has 6 nitrogen and oxygen atoms in total. The van der Waals surface area contributed by atoms with E-state index in [0.717, 1.165) is 43.5 Å². The molecule has 2 aromatic rings. The molecule has 24 heavy (non-hydrogen) atoms. The van der Waals surface area contributed by atoms with Crippen molar-refractivity contribution >= 4 is 5.91 Å². The van der Waals surface area contributed by atoms with E-state index in [0.29, 0.717) is 18.1 Å². The van der Waals surface area contributed by atoms with E-state index >= 15 is 0 Å². The molecule has 128 valence electrons. The number of unbranched alkanes of at least 4 members (excludes halogenated alkanes) is 1. The van der Waals surface area contributed by atoms with Gasteiger partial charge in [-0.3, -0.25) is 4.79 Å². The Labute approximate surface area is 141 Å². The molecule has 0 aliphatic carbocycles. The van der Waals surface area contributed by atoms with Gasteiger partial charge >= 0.3 is 0 Å². The number of likely N-dealkylation sites (tertiary alicyclic amines) is 1. The van der Waals surface area contributed by atoms with Gasteiger partial charge in [0, 0.05) is 18.5 Å². The standard InChI is InChI=1S/C18H23N3O3/c1-3-4-10-16(22)21-11-6-9-15(21)18-19-17(20-24-18)13-7-5-8-14(12-13)23-2/h5,7-8,12,15H,3-4,6,9-11H2,1-2H3/t15-/m1/s1. The second-order valence-electron chi connectivity index (χ2n) is 6.04. The summed E-state index contributed by atoms with van der Waals surface area (Å²) in [6.45, 7) is 2.86. The number of hydrogen-bond acceptors (Lipinski definition) is 5. The normalized spacial score (nSPS) is 17.2. The molecule has 0 unspecified atom stereocenters. The van der Waals surface area contributed by atoms with Gasteiger partial charge in [-0.15, -0.1) is 0 Å². The predicted octanol–water partition coefficient (Wildman–Crippen LogP) is 3.60. The van der Waals surface area contributed by atoms with Gasteiger partial charge in [0.25, 0.3) is 0 Å². The third-order valence-electron chi connectivity index (χ3n) is 4.37. The summed E-state index contributed by atoms with van der Waals surface area (Å²) >= 11 is 0. The highest BCUT2D eigenvalue weighted by Crippen LogP contribution is 2.33. The molecule has 0 radical (unpaired) electrons. The summed E-state index contributed by atoms with van der Waals surface area (Å²) in [6, 6.07) is 7.44. The molecule has 1 aliphatic heterocycles. The SMILES string of the molecule is CCCCC(=O)N1CCC[C@@H]1c1nc(-c2cccc(OC)c2)no1. The summed E-state index contributed by atoms with van der Waals surface area (Å²) in [5, 5.41) is 4.08. The van der Waals surface area contributed by atoms with Gasteiger partial charge in [-0.25, -0.2) is 0 Å². The van der Waals surface area contributed by atoms with Gasteiger partial charge in [-0.05, 0) is 31.4 Å². The van der Waals surface area contributed by atoms with Gasteiger partial charge in [0.15, 0.2) is 0 Å². The second-order valence-corrected chi connectivity index (χ2v) is 6.04. The van der Waals surface area contributed by atoms with Crippen molar-refractivity contribution in [2.45, 2.75) is 45.1 Å². The number of methoxy groups -OCH3 is 1. The number of ether oxygens (including phenoxy) is 1. The zero-order valence-electron chi connectivity index (χ0n) is 14.2. The summed E-state index contributed by atoms with van der Waals surface area (Å²) in [7, 11) is 1.62. The minimum absolute atomic E-state index is 0.0961. The monoisotopic (exact) mass is 329 g/mol. The lowest BCUT2D eigenvalue weighted by Gasteiger charge is -2.21. The van der Waals surface area contributed by atoms with Crippen molar-refractivity contribution in [2.24, 2.45) is 0 Å². The lowest BCUT2D eigenvalue weighted by atomic mass is 10.2. The van der Waals surface area contributed by atoms with E-state index in [-0.39, 0.29) is 11.9 Å². The first-order valence-electron chi connectivity index (χ1n) is 8.50. The van der Waals surface area contributed by atoms with E-state index in [1.807, 2.05) is 29.2 Å². The molecular formula is C18H23N3O3. The fraction of sp³-hybridized carbons (Fsp3) is 0.500. The van der Waals surface area contributed by atoms with Gasteiger partial charge in [-0.2, -0.15) is 4.98 Å². The fourth-order valence-electron chi connectivity index (χ4n) is 3.04. The maximum atomic E-state index is 12.4. The second kappa shape index (κ2) is 7.47. The molecule has 0 spiro atoms. The molecule has 3 rings (SSSR count). The first-order chi connectivity index (χ1) is 11.7. The van der Waals surface area contributed by atoms with Crippen molar-refractivity contribution in [3.8, 4) is 17.1 Å². The van der Waals surface area contributed by atoms with Crippen molar-refractivity contribution in [3.63, 3.8) is 0 Å². The number of benzene rings is 1. The minimum Gasteiger partial charge on any atom is -0.497 e. The Hall–Kier alpha value is -2.37. The summed E-state index contributed by atoms with van der Waals surface area (Å²) in [5.74, 6) is 1.98. The zero-order chi connectivity index (χ0) is 16.9. The molecule has 1 saturated heterocycles. The molecule has 0 bridgehead atoms. The molecule has 1 amide bonds. The van der Waals surface area contributed by atoms with Gasteiger partial charge in [-0.1, -0.05) is 30.6 Å². The van der Waals surface area contributed by atoms with E-state index in [4.69, 9.17) is 9.26 Å². The van der Waals surface area contributed by atoms with Crippen molar-refractivity contribution < 1.29 is 14.1 Å². The van der Waals surface area contributed by atoms with Crippen LogP contribution in [-0.4, -0.2) is 34.6 Å². The van der Waals surface area contributed by atoms with Crippen LogP contribution in [0.4, 0.5) is 0 Å². The largest absolute Gasteiger partial charge is 0.497 e. The Balaban J connectivity index is 1.77. The Kier molecular flexibility index (Phi) is 5.13. The highest BCUT2D eigenvalue weighted by atomic mass is 16.5. The number of nitrogens with zero attached hydrogens (tertiary/aromatic N) is 3. The van der Waals surface area contributed by atoms with Crippen LogP contribution < -0.4 is 4.74 Å². The van der Waals surface area contributed by atoms with Crippen LogP contribution in [0, 0.1) is 0 Å². The topological polar surface area (TPSA) is 68.5 Å². The molecule has 0 N–H and O–H groups in total. The van der Waals surface area contributed by atoms with Crippen LogP contribution in [-0.2, 0) is 4.79 Å². The third kappa shape index (κ3) is 3.42. The van der Waals surface area contributed by atoms with E-state index in [2.05, 4.69) is 17.1 Å². The van der Waals surface area contributed by atoms with Crippen molar-refractivity contribution in [1.82, 2.24) is 15.0 Å². The zero-order valence-corrected chi connectivity index (χ0v) is 14.2. The number of carbonyl (C=O) groups excluding carboxylic acids is 1. The van der Waals surface area contributed by atoms with Gasteiger partial charge in [0.05, 0.1) is 7.11 Å². The Morgan fingerprint density at radius 2 is 2.33 bits per heavy atom. The van der Waals surface area contributed by atoms with Crippen LogP contribution in [0.2, 0.25) is 0 Å². The Bertz CT molecular complexity index is 698. The summed E-state index contributed by atoms with van der Waals surface area (Å²) < 4.78 is 10.7. The van der Waals surface area contributed by atoms with E-state index in [9.17, 15) is 4.79 Å². The summed E-state index contributed by atoms with van der Waals surface area (Å²) in [6.07, 6.45) is 4.37. The van der Waals surface area contributed by atoms with Gasteiger partial charge in [0.2, 0.25) is 17.6 Å². The molecule has 6 heteroatoms. The molecule has 1 aliphatic rings. The number of hydrogen-bond donors (Lipinski definition) is 0. The first-order valence-corrected chi connectivity index (χ1v) is 8.50. The number of amides is 1. The van der Waals surface area contributed by atoms with E-state index in [1.165, 1.54) is 0 Å². The van der Waals surface area contributed by atoms with Crippen LogP contribution in [0.15, 0.2) is 28.8 Å². The lowest BCUT2D eigenvalue weighted by molar-refractivity contribution is -0.132. The Morgan fingerprint density at radius 3 is 3.12 bits per heavy atom. The minimum atomic E-state index is -0.0961.